The Hall–Kier alpha value is -1.44. The molecule has 3 nitrogen and oxygen atoms in total. The fourth-order valence-electron chi connectivity index (χ4n) is 0.874. The van der Waals surface area contributed by atoms with Crippen molar-refractivity contribution in [1.29, 1.82) is 0 Å². The van der Waals surface area contributed by atoms with Gasteiger partial charge < -0.3 is 0 Å². The molecule has 0 aromatic heterocycles. The third-order valence-corrected chi connectivity index (χ3v) is 1.80. The average Bonchev–Trinajstić information content (AvgIpc) is 2.15. The van der Waals surface area contributed by atoms with Crippen LogP contribution >= 0.6 is 11.6 Å². The summed E-state index contributed by atoms with van der Waals surface area (Å²) in [6.07, 6.45) is 3.60. The molecule has 0 saturated heterocycles. The molecule has 1 aromatic rings. The summed E-state index contributed by atoms with van der Waals surface area (Å²) in [5, 5.41) is 4.06. The second-order valence-electron chi connectivity index (χ2n) is 2.34. The van der Waals surface area contributed by atoms with Gasteiger partial charge in [-0.15, -0.1) is 0 Å². The number of hydrogen-bond donors (Lipinski definition) is 0. The van der Waals surface area contributed by atoms with Gasteiger partial charge in [-0.05, 0) is 17.2 Å². The highest BCUT2D eigenvalue weighted by Gasteiger charge is 1.91. The van der Waals surface area contributed by atoms with Crippen molar-refractivity contribution in [2.24, 2.45) is 5.11 Å². The predicted molar refractivity (Wildman–Crippen MR) is 54.5 cm³/mol. The molecule has 0 aliphatic carbocycles. The lowest BCUT2D eigenvalue weighted by atomic mass is 10.2. The molecule has 0 bridgehead atoms. The molecule has 4 heteroatoms. The second kappa shape index (κ2) is 5.25. The van der Waals surface area contributed by atoms with Gasteiger partial charge in [-0.3, -0.25) is 0 Å². The van der Waals surface area contributed by atoms with Crippen LogP contribution in [0.2, 0.25) is 5.02 Å². The number of azide groups is 1. The third kappa shape index (κ3) is 3.20. The molecular formula is C9H8ClN3. The summed E-state index contributed by atoms with van der Waals surface area (Å²) >= 11 is 5.88. The minimum absolute atomic E-state index is 0.349. The van der Waals surface area contributed by atoms with Crippen LogP contribution < -0.4 is 0 Å². The van der Waals surface area contributed by atoms with E-state index in [2.05, 4.69) is 10.0 Å². The van der Waals surface area contributed by atoms with Crippen LogP contribution in [0.5, 0.6) is 0 Å². The molecule has 1 aromatic carbocycles. The molecule has 0 fully saturated rings. The van der Waals surface area contributed by atoms with Crippen LogP contribution in [0.1, 0.15) is 5.56 Å². The van der Waals surface area contributed by atoms with Crippen molar-refractivity contribution in [1.82, 2.24) is 0 Å². The molecule has 1 rings (SSSR count). The summed E-state index contributed by atoms with van der Waals surface area (Å²) in [5.41, 5.74) is 8.94. The Bertz CT molecular complexity index is 354. The van der Waals surface area contributed by atoms with Gasteiger partial charge in [0, 0.05) is 16.5 Å². The number of halogens is 1. The van der Waals surface area contributed by atoms with Crippen molar-refractivity contribution in [2.75, 3.05) is 6.54 Å². The first kappa shape index (κ1) is 9.65. The van der Waals surface area contributed by atoms with E-state index in [0.29, 0.717) is 11.6 Å². The zero-order chi connectivity index (χ0) is 9.52. The maximum Gasteiger partial charge on any atom is 0.0478 e. The van der Waals surface area contributed by atoms with Crippen molar-refractivity contribution in [3.05, 3.63) is 51.4 Å². The fraction of sp³-hybridized carbons (Fsp3) is 0.111. The van der Waals surface area contributed by atoms with Gasteiger partial charge in [0.15, 0.2) is 0 Å². The lowest BCUT2D eigenvalue weighted by molar-refractivity contribution is 1.22. The zero-order valence-electron chi connectivity index (χ0n) is 6.89. The van der Waals surface area contributed by atoms with Gasteiger partial charge in [0.1, 0.15) is 0 Å². The summed E-state index contributed by atoms with van der Waals surface area (Å²) in [7, 11) is 0. The van der Waals surface area contributed by atoms with Crippen molar-refractivity contribution in [3.8, 4) is 0 Å². The van der Waals surface area contributed by atoms with E-state index in [0.717, 1.165) is 5.56 Å². The number of rotatable bonds is 3. The highest BCUT2D eigenvalue weighted by atomic mass is 35.5. The smallest absolute Gasteiger partial charge is 0.0478 e. The van der Waals surface area contributed by atoms with Gasteiger partial charge in [-0.1, -0.05) is 47.1 Å². The Balaban J connectivity index is 2.68. The molecule has 0 saturated carbocycles. The molecular weight excluding hydrogens is 186 g/mol. The minimum Gasteiger partial charge on any atom is -0.0899 e. The van der Waals surface area contributed by atoms with Crippen LogP contribution in [0.25, 0.3) is 16.5 Å². The molecule has 0 N–H and O–H groups in total. The first-order chi connectivity index (χ1) is 6.34. The lowest BCUT2D eigenvalue weighted by Crippen LogP contribution is -1.74. The predicted octanol–water partition coefficient (Wildman–Crippen LogP) is 3.66. The van der Waals surface area contributed by atoms with E-state index < -0.39 is 0 Å². The molecule has 13 heavy (non-hydrogen) atoms. The molecule has 0 atom stereocenters. The van der Waals surface area contributed by atoms with Gasteiger partial charge in [0.25, 0.3) is 0 Å². The van der Waals surface area contributed by atoms with E-state index >= 15 is 0 Å². The maximum atomic E-state index is 8.02. The van der Waals surface area contributed by atoms with Crippen LogP contribution in [0.4, 0.5) is 0 Å². The molecule has 0 heterocycles. The fourth-order valence-corrected chi connectivity index (χ4v) is 1.07. The topological polar surface area (TPSA) is 48.8 Å². The summed E-state index contributed by atoms with van der Waals surface area (Å²) in [6.45, 7) is 0.349. The monoisotopic (exact) mass is 193 g/mol. The third-order valence-electron chi connectivity index (χ3n) is 1.45. The Morgan fingerprint density at radius 3 is 2.92 bits per heavy atom. The Kier molecular flexibility index (Phi) is 3.89. The van der Waals surface area contributed by atoms with Crippen LogP contribution in [-0.2, 0) is 0 Å². The Labute approximate surface area is 81.3 Å². The highest BCUT2D eigenvalue weighted by Crippen LogP contribution is 2.15. The lowest BCUT2D eigenvalue weighted by Gasteiger charge is -1.94. The van der Waals surface area contributed by atoms with E-state index in [1.807, 2.05) is 30.3 Å². The summed E-state index contributed by atoms with van der Waals surface area (Å²) < 4.78 is 0. The Morgan fingerprint density at radius 2 is 2.23 bits per heavy atom. The van der Waals surface area contributed by atoms with Gasteiger partial charge in [-0.25, -0.2) is 0 Å². The molecule has 0 spiro atoms. The summed E-state index contributed by atoms with van der Waals surface area (Å²) in [4.78, 5) is 2.63. The molecule has 0 aliphatic rings. The van der Waals surface area contributed by atoms with Gasteiger partial charge in [0.2, 0.25) is 0 Å². The van der Waals surface area contributed by atoms with E-state index in [4.69, 9.17) is 17.1 Å². The zero-order valence-corrected chi connectivity index (χ0v) is 7.65. The average molecular weight is 194 g/mol. The van der Waals surface area contributed by atoms with Crippen LogP contribution in [-0.4, -0.2) is 6.54 Å². The van der Waals surface area contributed by atoms with Crippen LogP contribution in [0, 0.1) is 0 Å². The van der Waals surface area contributed by atoms with E-state index in [1.165, 1.54) is 0 Å². The number of benzene rings is 1. The van der Waals surface area contributed by atoms with Gasteiger partial charge in [0.05, 0.1) is 0 Å². The Morgan fingerprint density at radius 1 is 1.46 bits per heavy atom. The second-order valence-corrected chi connectivity index (χ2v) is 2.74. The molecule has 0 amide bonds. The largest absolute Gasteiger partial charge is 0.0899 e. The number of nitrogens with zero attached hydrogens (tertiary/aromatic N) is 3. The highest BCUT2D eigenvalue weighted by molar-refractivity contribution is 6.32. The minimum atomic E-state index is 0.349. The SMILES string of the molecule is [N-]=[N+]=NCC=Cc1ccccc1Cl. The van der Waals surface area contributed by atoms with Crippen LogP contribution in [0.15, 0.2) is 35.5 Å². The van der Waals surface area contributed by atoms with E-state index in [-0.39, 0.29) is 0 Å². The first-order valence-electron chi connectivity index (χ1n) is 3.76. The van der Waals surface area contributed by atoms with Crippen LogP contribution in [0.3, 0.4) is 0 Å². The van der Waals surface area contributed by atoms with Crippen molar-refractivity contribution in [2.45, 2.75) is 0 Å². The number of hydrogen-bond acceptors (Lipinski definition) is 1. The van der Waals surface area contributed by atoms with Crippen molar-refractivity contribution in [3.63, 3.8) is 0 Å². The maximum absolute atomic E-state index is 8.02. The first-order valence-corrected chi connectivity index (χ1v) is 4.14. The quantitative estimate of drug-likeness (QED) is 0.400. The normalized spacial score (nSPS) is 9.92. The van der Waals surface area contributed by atoms with Gasteiger partial charge >= 0.3 is 0 Å². The van der Waals surface area contributed by atoms with Crippen molar-refractivity contribution >= 4 is 17.7 Å². The van der Waals surface area contributed by atoms with E-state index in [1.54, 1.807) is 6.08 Å². The molecule has 66 valence electrons. The summed E-state index contributed by atoms with van der Waals surface area (Å²) in [5.74, 6) is 0. The van der Waals surface area contributed by atoms with Gasteiger partial charge in [-0.2, -0.15) is 0 Å². The molecule has 0 unspecified atom stereocenters. The summed E-state index contributed by atoms with van der Waals surface area (Å²) in [6, 6.07) is 7.48. The molecule has 0 radical (unpaired) electrons. The molecule has 0 aliphatic heterocycles. The standard InChI is InChI=1S/C9H8ClN3/c10-9-6-2-1-4-8(9)5-3-7-12-13-11/h1-6H,7H2. The van der Waals surface area contributed by atoms with Crippen molar-refractivity contribution < 1.29 is 0 Å². The van der Waals surface area contributed by atoms with E-state index in [9.17, 15) is 0 Å².